The van der Waals surface area contributed by atoms with Gasteiger partial charge in [0.25, 0.3) is 0 Å². The SMILES string of the molecule is CC(c1ccc(Cl)cc1)N(C)CC1CCCCCN1. The van der Waals surface area contributed by atoms with E-state index < -0.39 is 0 Å². The molecule has 0 aliphatic carbocycles. The number of halogens is 1. The van der Waals surface area contributed by atoms with Gasteiger partial charge < -0.3 is 5.32 Å². The Morgan fingerprint density at radius 2 is 2.00 bits per heavy atom. The molecule has 0 aromatic heterocycles. The zero-order valence-corrected chi connectivity index (χ0v) is 12.8. The first-order valence-corrected chi connectivity index (χ1v) is 7.73. The van der Waals surface area contributed by atoms with Gasteiger partial charge in [0.15, 0.2) is 0 Å². The first kappa shape index (κ1) is 14.8. The monoisotopic (exact) mass is 280 g/mol. The van der Waals surface area contributed by atoms with Crippen LogP contribution < -0.4 is 5.32 Å². The predicted octanol–water partition coefficient (Wildman–Crippen LogP) is 3.87. The van der Waals surface area contributed by atoms with Crippen LogP contribution in [-0.4, -0.2) is 31.1 Å². The number of nitrogens with one attached hydrogen (secondary N) is 1. The van der Waals surface area contributed by atoms with E-state index in [9.17, 15) is 0 Å². The summed E-state index contributed by atoms with van der Waals surface area (Å²) < 4.78 is 0. The second-order valence-electron chi connectivity index (χ2n) is 5.67. The molecule has 2 rings (SSSR count). The van der Waals surface area contributed by atoms with E-state index in [-0.39, 0.29) is 0 Å². The third kappa shape index (κ3) is 4.48. The lowest BCUT2D eigenvalue weighted by atomic mass is 10.1. The fourth-order valence-corrected chi connectivity index (χ4v) is 2.88. The summed E-state index contributed by atoms with van der Waals surface area (Å²) in [4.78, 5) is 2.44. The van der Waals surface area contributed by atoms with E-state index in [0.717, 1.165) is 11.6 Å². The van der Waals surface area contributed by atoms with E-state index in [1.165, 1.54) is 37.8 Å². The van der Waals surface area contributed by atoms with E-state index in [1.54, 1.807) is 0 Å². The third-order valence-corrected chi connectivity index (χ3v) is 4.44. The Balaban J connectivity index is 1.90. The van der Waals surface area contributed by atoms with E-state index in [4.69, 9.17) is 11.6 Å². The highest BCUT2D eigenvalue weighted by molar-refractivity contribution is 6.30. The summed E-state index contributed by atoms with van der Waals surface area (Å²) >= 11 is 5.95. The molecule has 1 aliphatic rings. The van der Waals surface area contributed by atoms with Crippen molar-refractivity contribution in [3.63, 3.8) is 0 Å². The van der Waals surface area contributed by atoms with Crippen LogP contribution >= 0.6 is 11.6 Å². The summed E-state index contributed by atoms with van der Waals surface area (Å²) in [6.07, 6.45) is 5.37. The highest BCUT2D eigenvalue weighted by Crippen LogP contribution is 2.21. The fraction of sp³-hybridized carbons (Fsp3) is 0.625. The van der Waals surface area contributed by atoms with Gasteiger partial charge in [-0.25, -0.2) is 0 Å². The molecule has 1 heterocycles. The summed E-state index contributed by atoms with van der Waals surface area (Å²) in [5.74, 6) is 0. The number of rotatable bonds is 4. The third-order valence-electron chi connectivity index (χ3n) is 4.18. The maximum Gasteiger partial charge on any atom is 0.0406 e. The van der Waals surface area contributed by atoms with Gasteiger partial charge in [-0.05, 0) is 51.1 Å². The summed E-state index contributed by atoms with van der Waals surface area (Å²) in [6.45, 7) is 4.55. The van der Waals surface area contributed by atoms with E-state index >= 15 is 0 Å². The molecule has 1 saturated heterocycles. The van der Waals surface area contributed by atoms with Crippen LogP contribution in [0.3, 0.4) is 0 Å². The van der Waals surface area contributed by atoms with Crippen LogP contribution in [0.25, 0.3) is 0 Å². The molecule has 3 heteroatoms. The van der Waals surface area contributed by atoms with Crippen molar-refractivity contribution in [2.75, 3.05) is 20.1 Å². The molecule has 0 amide bonds. The Morgan fingerprint density at radius 1 is 1.26 bits per heavy atom. The van der Waals surface area contributed by atoms with Gasteiger partial charge >= 0.3 is 0 Å². The van der Waals surface area contributed by atoms with Gasteiger partial charge in [0.05, 0.1) is 0 Å². The molecule has 1 N–H and O–H groups in total. The molecule has 106 valence electrons. The summed E-state index contributed by atoms with van der Waals surface area (Å²) in [7, 11) is 2.21. The molecular formula is C16H25ClN2. The highest BCUT2D eigenvalue weighted by Gasteiger charge is 2.17. The Bertz CT molecular complexity index is 369. The van der Waals surface area contributed by atoms with Crippen LogP contribution in [-0.2, 0) is 0 Å². The predicted molar refractivity (Wildman–Crippen MR) is 82.8 cm³/mol. The van der Waals surface area contributed by atoms with Crippen molar-refractivity contribution in [1.29, 1.82) is 0 Å². The average molecular weight is 281 g/mol. The van der Waals surface area contributed by atoms with E-state index in [0.29, 0.717) is 12.1 Å². The van der Waals surface area contributed by atoms with Gasteiger partial charge in [-0.3, -0.25) is 4.90 Å². The van der Waals surface area contributed by atoms with Crippen molar-refractivity contribution in [2.24, 2.45) is 0 Å². The first-order chi connectivity index (χ1) is 9.16. The van der Waals surface area contributed by atoms with Crippen LogP contribution in [0.1, 0.15) is 44.2 Å². The highest BCUT2D eigenvalue weighted by atomic mass is 35.5. The molecule has 1 aromatic carbocycles. The summed E-state index contributed by atoms with van der Waals surface area (Å²) in [6, 6.07) is 9.29. The molecule has 2 unspecified atom stereocenters. The molecule has 2 nitrogen and oxygen atoms in total. The second kappa shape index (κ2) is 7.28. The molecule has 1 aromatic rings. The Morgan fingerprint density at radius 3 is 2.74 bits per heavy atom. The minimum absolute atomic E-state index is 0.433. The van der Waals surface area contributed by atoms with Crippen molar-refractivity contribution in [2.45, 2.75) is 44.7 Å². The normalized spacial score (nSPS) is 22.2. The lowest BCUT2D eigenvalue weighted by Gasteiger charge is -2.29. The number of likely N-dealkylation sites (N-methyl/N-ethyl adjacent to an activating group) is 1. The topological polar surface area (TPSA) is 15.3 Å². The van der Waals surface area contributed by atoms with Crippen LogP contribution in [0.4, 0.5) is 0 Å². The molecule has 0 bridgehead atoms. The molecule has 1 fully saturated rings. The lowest BCUT2D eigenvalue weighted by Crippen LogP contribution is -2.39. The summed E-state index contributed by atoms with van der Waals surface area (Å²) in [5.41, 5.74) is 1.33. The zero-order valence-electron chi connectivity index (χ0n) is 12.0. The van der Waals surface area contributed by atoms with Gasteiger partial charge in [0, 0.05) is 23.7 Å². The van der Waals surface area contributed by atoms with Crippen molar-refractivity contribution in [3.8, 4) is 0 Å². The Labute approximate surface area is 122 Å². The van der Waals surface area contributed by atoms with Crippen molar-refractivity contribution in [1.82, 2.24) is 10.2 Å². The van der Waals surface area contributed by atoms with Crippen LogP contribution in [0, 0.1) is 0 Å². The van der Waals surface area contributed by atoms with Crippen LogP contribution in [0.5, 0.6) is 0 Å². The largest absolute Gasteiger partial charge is 0.313 e. The average Bonchev–Trinajstić information content (AvgIpc) is 2.67. The summed E-state index contributed by atoms with van der Waals surface area (Å²) in [5, 5.41) is 4.47. The standard InChI is InChI=1S/C16H25ClN2/c1-13(14-7-9-15(17)10-8-14)19(2)12-16-6-4-3-5-11-18-16/h7-10,13,16,18H,3-6,11-12H2,1-2H3. The van der Waals surface area contributed by atoms with E-state index in [2.05, 4.69) is 36.3 Å². The van der Waals surface area contributed by atoms with Crippen molar-refractivity contribution in [3.05, 3.63) is 34.9 Å². The van der Waals surface area contributed by atoms with Gasteiger partial charge in [-0.1, -0.05) is 36.6 Å². The van der Waals surface area contributed by atoms with Gasteiger partial charge in [-0.15, -0.1) is 0 Å². The first-order valence-electron chi connectivity index (χ1n) is 7.36. The number of benzene rings is 1. The quantitative estimate of drug-likeness (QED) is 0.901. The minimum atomic E-state index is 0.433. The smallest absolute Gasteiger partial charge is 0.0406 e. The van der Waals surface area contributed by atoms with Crippen LogP contribution in [0.15, 0.2) is 24.3 Å². The van der Waals surface area contributed by atoms with Crippen LogP contribution in [0.2, 0.25) is 5.02 Å². The molecular weight excluding hydrogens is 256 g/mol. The molecule has 2 atom stereocenters. The van der Waals surface area contributed by atoms with E-state index in [1.807, 2.05) is 12.1 Å². The molecule has 19 heavy (non-hydrogen) atoms. The number of nitrogens with zero attached hydrogens (tertiary/aromatic N) is 1. The Hall–Kier alpha value is -0.570. The zero-order chi connectivity index (χ0) is 13.7. The molecule has 1 aliphatic heterocycles. The molecule has 0 spiro atoms. The Kier molecular flexibility index (Phi) is 5.68. The second-order valence-corrected chi connectivity index (χ2v) is 6.10. The molecule has 0 radical (unpaired) electrons. The number of hydrogen-bond acceptors (Lipinski definition) is 2. The fourth-order valence-electron chi connectivity index (χ4n) is 2.76. The number of hydrogen-bond donors (Lipinski definition) is 1. The lowest BCUT2D eigenvalue weighted by molar-refractivity contribution is 0.228. The van der Waals surface area contributed by atoms with Crippen molar-refractivity contribution >= 4 is 11.6 Å². The minimum Gasteiger partial charge on any atom is -0.313 e. The van der Waals surface area contributed by atoms with Crippen molar-refractivity contribution < 1.29 is 0 Å². The maximum absolute atomic E-state index is 5.95. The maximum atomic E-state index is 5.95. The van der Waals surface area contributed by atoms with Gasteiger partial charge in [0.2, 0.25) is 0 Å². The van der Waals surface area contributed by atoms with Gasteiger partial charge in [0.1, 0.15) is 0 Å². The van der Waals surface area contributed by atoms with Gasteiger partial charge in [-0.2, -0.15) is 0 Å². The molecule has 0 saturated carbocycles.